The molecule has 2 aromatic carbocycles. The van der Waals surface area contributed by atoms with Crippen LogP contribution in [0, 0.1) is 0 Å². The third-order valence-corrected chi connectivity index (χ3v) is 5.90. The zero-order chi connectivity index (χ0) is 27.9. The first-order valence-electron chi connectivity index (χ1n) is 13.5. The Labute approximate surface area is 227 Å². The van der Waals surface area contributed by atoms with E-state index in [1.807, 2.05) is 69.9 Å². The normalized spacial score (nSPS) is 11.3. The second-order valence-electron chi connectivity index (χ2n) is 9.71. The number of unbranched alkanes of at least 4 members (excludes halogenated alkanes) is 2. The van der Waals surface area contributed by atoms with Crippen LogP contribution < -0.4 is 14.2 Å². The lowest BCUT2D eigenvalue weighted by atomic mass is 10.1. The first kappa shape index (κ1) is 30.8. The average molecular weight is 526 g/mol. The van der Waals surface area contributed by atoms with Crippen LogP contribution in [-0.4, -0.2) is 49.1 Å². The van der Waals surface area contributed by atoms with Crippen molar-refractivity contribution in [2.45, 2.75) is 85.4 Å². The summed E-state index contributed by atoms with van der Waals surface area (Å²) in [5.74, 6) is 1.80. The van der Waals surface area contributed by atoms with Gasteiger partial charge in [-0.25, -0.2) is 0 Å². The van der Waals surface area contributed by atoms with Gasteiger partial charge in [0.05, 0.1) is 26.9 Å². The minimum atomic E-state index is -0.179. The van der Waals surface area contributed by atoms with Crippen LogP contribution in [0.3, 0.4) is 0 Å². The number of amides is 2. The van der Waals surface area contributed by atoms with Gasteiger partial charge in [-0.05, 0) is 89.3 Å². The molecule has 0 bridgehead atoms. The molecule has 2 amide bonds. The summed E-state index contributed by atoms with van der Waals surface area (Å²) < 4.78 is 17.2. The van der Waals surface area contributed by atoms with E-state index in [9.17, 15) is 9.59 Å². The SMILES string of the molecule is CCCC(=O)N=NCc1ccc(OCCCCCOc2ccc(C(=O)N(C(C)C)C(C)C)cc2OC)cc1. The topological polar surface area (TPSA) is 89.8 Å². The minimum absolute atomic E-state index is 0.0149. The molecule has 0 radical (unpaired) electrons. The zero-order valence-corrected chi connectivity index (χ0v) is 23.7. The van der Waals surface area contributed by atoms with Gasteiger partial charge in [-0.15, -0.1) is 5.11 Å². The molecule has 0 aliphatic carbocycles. The van der Waals surface area contributed by atoms with E-state index in [4.69, 9.17) is 14.2 Å². The van der Waals surface area contributed by atoms with Crippen LogP contribution in [-0.2, 0) is 11.3 Å². The van der Waals surface area contributed by atoms with E-state index in [1.165, 1.54) is 0 Å². The van der Waals surface area contributed by atoms with E-state index in [2.05, 4.69) is 10.2 Å². The Morgan fingerprint density at radius 3 is 2.13 bits per heavy atom. The number of nitrogens with zero attached hydrogens (tertiary/aromatic N) is 3. The standard InChI is InChI=1S/C30H43N3O5/c1-7-11-29(34)32-31-21-24-12-15-26(16-13-24)37-18-9-8-10-19-38-27-17-14-25(20-28(27)36-6)30(35)33(22(2)3)23(4)5/h12-17,20,22-23H,7-11,18-19,21H2,1-6H3. The fraction of sp³-hybridized carbons (Fsp3) is 0.533. The van der Waals surface area contributed by atoms with Crippen molar-refractivity contribution in [2.24, 2.45) is 10.2 Å². The molecule has 0 aromatic heterocycles. The largest absolute Gasteiger partial charge is 0.494 e. The van der Waals surface area contributed by atoms with E-state index >= 15 is 0 Å². The van der Waals surface area contributed by atoms with Crippen molar-refractivity contribution in [3.63, 3.8) is 0 Å². The van der Waals surface area contributed by atoms with E-state index < -0.39 is 0 Å². The Hall–Kier alpha value is -3.42. The maximum Gasteiger partial charge on any atom is 0.264 e. The van der Waals surface area contributed by atoms with Gasteiger partial charge in [-0.3, -0.25) is 9.59 Å². The summed E-state index contributed by atoms with van der Waals surface area (Å²) in [5.41, 5.74) is 1.57. The van der Waals surface area contributed by atoms with Crippen LogP contribution in [0.25, 0.3) is 0 Å². The minimum Gasteiger partial charge on any atom is -0.494 e. The van der Waals surface area contributed by atoms with E-state index in [-0.39, 0.29) is 23.9 Å². The van der Waals surface area contributed by atoms with Crippen molar-refractivity contribution >= 4 is 11.8 Å². The lowest BCUT2D eigenvalue weighted by Gasteiger charge is -2.31. The Bertz CT molecular complexity index is 1030. The Balaban J connectivity index is 1.71. The lowest BCUT2D eigenvalue weighted by Crippen LogP contribution is -2.42. The Morgan fingerprint density at radius 1 is 0.868 bits per heavy atom. The smallest absolute Gasteiger partial charge is 0.264 e. The third kappa shape index (κ3) is 10.1. The van der Waals surface area contributed by atoms with Crippen LogP contribution in [0.2, 0.25) is 0 Å². The van der Waals surface area contributed by atoms with Crippen LogP contribution in [0.5, 0.6) is 17.2 Å². The fourth-order valence-corrected chi connectivity index (χ4v) is 4.04. The molecule has 0 saturated heterocycles. The van der Waals surface area contributed by atoms with Crippen LogP contribution in [0.1, 0.15) is 82.6 Å². The summed E-state index contributed by atoms with van der Waals surface area (Å²) in [6.07, 6.45) is 3.95. The first-order chi connectivity index (χ1) is 18.3. The highest BCUT2D eigenvalue weighted by Crippen LogP contribution is 2.29. The van der Waals surface area contributed by atoms with E-state index in [0.29, 0.717) is 43.2 Å². The van der Waals surface area contributed by atoms with Crippen molar-refractivity contribution in [1.29, 1.82) is 0 Å². The number of methoxy groups -OCH3 is 1. The molecule has 0 atom stereocenters. The van der Waals surface area contributed by atoms with Gasteiger partial charge in [-0.2, -0.15) is 5.11 Å². The number of azo groups is 1. The molecule has 2 rings (SSSR count). The third-order valence-electron chi connectivity index (χ3n) is 5.90. The van der Waals surface area contributed by atoms with Gasteiger partial charge in [0.25, 0.3) is 11.8 Å². The average Bonchev–Trinajstić information content (AvgIpc) is 2.88. The molecule has 8 nitrogen and oxygen atoms in total. The quantitative estimate of drug-likeness (QED) is 0.176. The van der Waals surface area contributed by atoms with Crippen molar-refractivity contribution in [1.82, 2.24) is 4.90 Å². The van der Waals surface area contributed by atoms with Crippen molar-refractivity contribution in [3.05, 3.63) is 53.6 Å². The monoisotopic (exact) mass is 525 g/mol. The van der Waals surface area contributed by atoms with Crippen molar-refractivity contribution in [2.75, 3.05) is 20.3 Å². The number of hydrogen-bond acceptors (Lipinski definition) is 6. The second kappa shape index (κ2) is 16.4. The predicted molar refractivity (Wildman–Crippen MR) is 149 cm³/mol. The van der Waals surface area contributed by atoms with Crippen LogP contribution in [0.15, 0.2) is 52.7 Å². The maximum absolute atomic E-state index is 13.0. The summed E-state index contributed by atoms with van der Waals surface area (Å²) in [4.78, 5) is 26.2. The molecule has 0 unspecified atom stereocenters. The Kier molecular flexibility index (Phi) is 13.3. The highest BCUT2D eigenvalue weighted by atomic mass is 16.5. The van der Waals surface area contributed by atoms with Gasteiger partial charge in [0, 0.05) is 24.1 Å². The van der Waals surface area contributed by atoms with E-state index in [0.717, 1.165) is 37.0 Å². The molecule has 0 aliphatic heterocycles. The fourth-order valence-electron chi connectivity index (χ4n) is 4.04. The van der Waals surface area contributed by atoms with Gasteiger partial charge in [0.15, 0.2) is 11.5 Å². The summed E-state index contributed by atoms with van der Waals surface area (Å²) >= 11 is 0. The number of benzene rings is 2. The van der Waals surface area contributed by atoms with Gasteiger partial charge < -0.3 is 19.1 Å². The highest BCUT2D eigenvalue weighted by molar-refractivity contribution is 5.95. The van der Waals surface area contributed by atoms with Crippen molar-refractivity contribution < 1.29 is 23.8 Å². The molecular weight excluding hydrogens is 482 g/mol. The summed E-state index contributed by atoms with van der Waals surface area (Å²) in [6, 6.07) is 13.3. The molecule has 2 aromatic rings. The molecule has 0 N–H and O–H groups in total. The van der Waals surface area contributed by atoms with Crippen LogP contribution in [0.4, 0.5) is 0 Å². The molecule has 0 fully saturated rings. The van der Waals surface area contributed by atoms with E-state index in [1.54, 1.807) is 19.2 Å². The molecular formula is C30H43N3O5. The number of hydrogen-bond donors (Lipinski definition) is 0. The molecule has 8 heteroatoms. The molecule has 0 heterocycles. The molecule has 0 spiro atoms. The zero-order valence-electron chi connectivity index (χ0n) is 23.7. The maximum atomic E-state index is 13.0. The number of carbonyl (C=O) groups excluding carboxylic acids is 2. The molecule has 208 valence electrons. The van der Waals surface area contributed by atoms with Crippen LogP contribution >= 0.6 is 0 Å². The lowest BCUT2D eigenvalue weighted by molar-refractivity contribution is -0.118. The molecule has 0 aliphatic rings. The van der Waals surface area contributed by atoms with Gasteiger partial charge >= 0.3 is 0 Å². The van der Waals surface area contributed by atoms with Crippen molar-refractivity contribution in [3.8, 4) is 17.2 Å². The number of ether oxygens (including phenoxy) is 3. The highest BCUT2D eigenvalue weighted by Gasteiger charge is 2.22. The van der Waals surface area contributed by atoms with Gasteiger partial charge in [-0.1, -0.05) is 19.1 Å². The number of rotatable bonds is 16. The number of carbonyl (C=O) groups is 2. The first-order valence-corrected chi connectivity index (χ1v) is 13.5. The summed E-state index contributed by atoms with van der Waals surface area (Å²) in [7, 11) is 1.58. The molecule has 0 saturated carbocycles. The summed E-state index contributed by atoms with van der Waals surface area (Å²) in [5, 5.41) is 7.65. The predicted octanol–water partition coefficient (Wildman–Crippen LogP) is 6.86. The Morgan fingerprint density at radius 2 is 1.53 bits per heavy atom. The second-order valence-corrected chi connectivity index (χ2v) is 9.71. The van der Waals surface area contributed by atoms with Gasteiger partial charge in [0.1, 0.15) is 5.75 Å². The summed E-state index contributed by atoms with van der Waals surface area (Å²) in [6.45, 7) is 11.6. The van der Waals surface area contributed by atoms with Gasteiger partial charge in [0.2, 0.25) is 0 Å². The molecule has 38 heavy (non-hydrogen) atoms.